The van der Waals surface area contributed by atoms with Gasteiger partial charge >= 0.3 is 0 Å². The van der Waals surface area contributed by atoms with Gasteiger partial charge in [0.15, 0.2) is 0 Å². The predicted octanol–water partition coefficient (Wildman–Crippen LogP) is 1.40. The molecule has 1 aliphatic heterocycles. The molecule has 0 N–H and O–H groups in total. The lowest BCUT2D eigenvalue weighted by atomic mass is 10.1. The molecule has 100 valence electrons. The van der Waals surface area contributed by atoms with Gasteiger partial charge in [-0.3, -0.25) is 0 Å². The SMILES string of the molecule is CCOc1cc(N2CC[C@@H](N(C)C)[C@@H]2C)ncn1. The van der Waals surface area contributed by atoms with Crippen molar-refractivity contribution in [3.63, 3.8) is 0 Å². The number of aromatic nitrogens is 2. The minimum Gasteiger partial charge on any atom is -0.478 e. The molecule has 1 fully saturated rings. The molecule has 2 heterocycles. The van der Waals surface area contributed by atoms with Crippen LogP contribution < -0.4 is 9.64 Å². The van der Waals surface area contributed by atoms with Gasteiger partial charge in [0.25, 0.3) is 0 Å². The first-order chi connectivity index (χ1) is 8.63. The fraction of sp³-hybridized carbons (Fsp3) is 0.692. The van der Waals surface area contributed by atoms with Crippen molar-refractivity contribution in [1.82, 2.24) is 14.9 Å². The van der Waals surface area contributed by atoms with Crippen LogP contribution in [0.4, 0.5) is 5.82 Å². The fourth-order valence-corrected chi connectivity index (χ4v) is 2.65. The minimum atomic E-state index is 0.462. The summed E-state index contributed by atoms with van der Waals surface area (Å²) in [6, 6.07) is 2.97. The van der Waals surface area contributed by atoms with Crippen molar-refractivity contribution in [3.8, 4) is 5.88 Å². The number of ether oxygens (including phenoxy) is 1. The quantitative estimate of drug-likeness (QED) is 0.808. The molecule has 0 spiro atoms. The fourth-order valence-electron chi connectivity index (χ4n) is 2.65. The van der Waals surface area contributed by atoms with Crippen LogP contribution in [0.15, 0.2) is 12.4 Å². The van der Waals surface area contributed by atoms with Crippen LogP contribution in [0.3, 0.4) is 0 Å². The molecule has 1 saturated heterocycles. The molecule has 1 aromatic rings. The average molecular weight is 250 g/mol. The second-order valence-corrected chi connectivity index (χ2v) is 4.90. The molecule has 5 heteroatoms. The van der Waals surface area contributed by atoms with Gasteiger partial charge in [0, 0.05) is 24.7 Å². The zero-order chi connectivity index (χ0) is 13.1. The van der Waals surface area contributed by atoms with E-state index in [0.29, 0.717) is 24.6 Å². The van der Waals surface area contributed by atoms with Crippen LogP contribution in [-0.2, 0) is 0 Å². The molecule has 1 aromatic heterocycles. The highest BCUT2D eigenvalue weighted by molar-refractivity contribution is 5.43. The zero-order valence-electron chi connectivity index (χ0n) is 11.6. The first-order valence-corrected chi connectivity index (χ1v) is 6.51. The van der Waals surface area contributed by atoms with Crippen molar-refractivity contribution < 1.29 is 4.74 Å². The minimum absolute atomic E-state index is 0.462. The zero-order valence-corrected chi connectivity index (χ0v) is 11.6. The number of likely N-dealkylation sites (N-methyl/N-ethyl adjacent to an activating group) is 1. The van der Waals surface area contributed by atoms with Gasteiger partial charge < -0.3 is 14.5 Å². The number of anilines is 1. The van der Waals surface area contributed by atoms with Crippen molar-refractivity contribution in [2.45, 2.75) is 32.4 Å². The lowest BCUT2D eigenvalue weighted by molar-refractivity contribution is 0.282. The summed E-state index contributed by atoms with van der Waals surface area (Å²) in [6.45, 7) is 5.88. The summed E-state index contributed by atoms with van der Waals surface area (Å²) < 4.78 is 5.43. The normalized spacial score (nSPS) is 23.7. The van der Waals surface area contributed by atoms with Gasteiger partial charge in [-0.15, -0.1) is 0 Å². The van der Waals surface area contributed by atoms with Crippen LogP contribution in [0, 0.1) is 0 Å². The van der Waals surface area contributed by atoms with Crippen molar-refractivity contribution in [2.75, 3.05) is 32.1 Å². The van der Waals surface area contributed by atoms with Crippen molar-refractivity contribution in [2.24, 2.45) is 0 Å². The number of nitrogens with zero attached hydrogens (tertiary/aromatic N) is 4. The van der Waals surface area contributed by atoms with E-state index in [0.717, 1.165) is 12.4 Å². The summed E-state index contributed by atoms with van der Waals surface area (Å²) in [5.41, 5.74) is 0. The molecule has 5 nitrogen and oxygen atoms in total. The lowest BCUT2D eigenvalue weighted by Crippen LogP contribution is -2.40. The lowest BCUT2D eigenvalue weighted by Gasteiger charge is -2.29. The standard InChI is InChI=1S/C13H22N4O/c1-5-18-13-8-12(14-9-15-13)17-7-6-11(10(17)2)16(3)4/h8-11H,5-7H2,1-4H3/t10-,11+/m0/s1. The Hall–Kier alpha value is -1.36. The third-order valence-electron chi connectivity index (χ3n) is 3.59. The highest BCUT2D eigenvalue weighted by Crippen LogP contribution is 2.27. The second kappa shape index (κ2) is 5.52. The Labute approximate surface area is 109 Å². The molecule has 2 atom stereocenters. The highest BCUT2D eigenvalue weighted by Gasteiger charge is 2.32. The third kappa shape index (κ3) is 2.56. The van der Waals surface area contributed by atoms with E-state index in [2.05, 4.69) is 40.8 Å². The van der Waals surface area contributed by atoms with E-state index in [9.17, 15) is 0 Å². The van der Waals surface area contributed by atoms with E-state index in [-0.39, 0.29) is 0 Å². The predicted molar refractivity (Wildman–Crippen MR) is 72.1 cm³/mol. The van der Waals surface area contributed by atoms with E-state index in [4.69, 9.17) is 4.74 Å². The smallest absolute Gasteiger partial charge is 0.218 e. The molecule has 2 rings (SSSR count). The summed E-state index contributed by atoms with van der Waals surface area (Å²) >= 11 is 0. The van der Waals surface area contributed by atoms with Gasteiger partial charge in [-0.2, -0.15) is 0 Å². The maximum absolute atomic E-state index is 5.43. The van der Waals surface area contributed by atoms with Crippen LogP contribution in [-0.4, -0.2) is 54.2 Å². The molecule has 0 radical (unpaired) electrons. The molecule has 0 aromatic carbocycles. The number of hydrogen-bond acceptors (Lipinski definition) is 5. The Morgan fingerprint density at radius 2 is 2.22 bits per heavy atom. The summed E-state index contributed by atoms with van der Waals surface area (Å²) in [6.07, 6.45) is 2.75. The van der Waals surface area contributed by atoms with E-state index in [1.54, 1.807) is 6.33 Å². The Morgan fingerprint density at radius 1 is 1.44 bits per heavy atom. The van der Waals surface area contributed by atoms with Gasteiger partial charge in [-0.25, -0.2) is 9.97 Å². The maximum Gasteiger partial charge on any atom is 0.218 e. The number of rotatable bonds is 4. The van der Waals surface area contributed by atoms with Crippen molar-refractivity contribution >= 4 is 5.82 Å². The highest BCUT2D eigenvalue weighted by atomic mass is 16.5. The molecule has 1 aliphatic rings. The first-order valence-electron chi connectivity index (χ1n) is 6.51. The summed E-state index contributed by atoms with van der Waals surface area (Å²) in [4.78, 5) is 13.1. The molecule has 0 saturated carbocycles. The van der Waals surface area contributed by atoms with Crippen LogP contribution in [0.2, 0.25) is 0 Å². The van der Waals surface area contributed by atoms with Crippen molar-refractivity contribution in [1.29, 1.82) is 0 Å². The first kappa shape index (κ1) is 13.1. The Morgan fingerprint density at radius 3 is 2.83 bits per heavy atom. The van der Waals surface area contributed by atoms with Crippen molar-refractivity contribution in [3.05, 3.63) is 12.4 Å². The van der Waals surface area contributed by atoms with Crippen LogP contribution in [0.25, 0.3) is 0 Å². The monoisotopic (exact) mass is 250 g/mol. The van der Waals surface area contributed by atoms with Gasteiger partial charge in [-0.05, 0) is 34.4 Å². The average Bonchev–Trinajstić information content (AvgIpc) is 2.72. The van der Waals surface area contributed by atoms with E-state index in [1.165, 1.54) is 6.42 Å². The Bertz CT molecular complexity index is 396. The van der Waals surface area contributed by atoms with Crippen LogP contribution >= 0.6 is 0 Å². The van der Waals surface area contributed by atoms with Gasteiger partial charge in [0.05, 0.1) is 6.61 Å². The Kier molecular flexibility index (Phi) is 4.01. The number of hydrogen-bond donors (Lipinski definition) is 0. The molecular formula is C13H22N4O. The third-order valence-corrected chi connectivity index (χ3v) is 3.59. The van der Waals surface area contributed by atoms with Gasteiger partial charge in [-0.1, -0.05) is 0 Å². The Balaban J connectivity index is 2.14. The van der Waals surface area contributed by atoms with E-state index >= 15 is 0 Å². The summed E-state index contributed by atoms with van der Waals surface area (Å²) in [5, 5.41) is 0. The van der Waals surface area contributed by atoms with Crippen LogP contribution in [0.5, 0.6) is 5.88 Å². The summed E-state index contributed by atoms with van der Waals surface area (Å²) in [7, 11) is 4.27. The summed E-state index contributed by atoms with van der Waals surface area (Å²) in [5.74, 6) is 1.62. The molecular weight excluding hydrogens is 228 g/mol. The molecule has 0 amide bonds. The van der Waals surface area contributed by atoms with E-state index < -0.39 is 0 Å². The molecule has 0 bridgehead atoms. The maximum atomic E-state index is 5.43. The molecule has 0 aliphatic carbocycles. The van der Waals surface area contributed by atoms with Gasteiger partial charge in [0.1, 0.15) is 12.1 Å². The topological polar surface area (TPSA) is 41.5 Å². The molecule has 0 unspecified atom stereocenters. The second-order valence-electron chi connectivity index (χ2n) is 4.90. The molecule has 18 heavy (non-hydrogen) atoms. The van der Waals surface area contributed by atoms with Crippen LogP contribution in [0.1, 0.15) is 20.3 Å². The van der Waals surface area contributed by atoms with E-state index in [1.807, 2.05) is 13.0 Å². The van der Waals surface area contributed by atoms with Gasteiger partial charge in [0.2, 0.25) is 5.88 Å². The largest absolute Gasteiger partial charge is 0.478 e.